The molecule has 1 heteroatoms. The molecule has 15 heavy (non-hydrogen) atoms. The number of para-hydroxylation sites is 1. The molecule has 82 valence electrons. The molecule has 0 spiro atoms. The van der Waals surface area contributed by atoms with Crippen LogP contribution in [0.5, 0.6) is 0 Å². The van der Waals surface area contributed by atoms with Crippen molar-refractivity contribution in [3.8, 4) is 0 Å². The first-order valence-corrected chi connectivity index (χ1v) is 5.89. The molecule has 0 saturated heterocycles. The van der Waals surface area contributed by atoms with Crippen molar-refractivity contribution in [2.45, 2.75) is 51.4 Å². The summed E-state index contributed by atoms with van der Waals surface area (Å²) < 4.78 is 0. The lowest BCUT2D eigenvalue weighted by Crippen LogP contribution is -2.18. The number of hydrogen-bond donors (Lipinski definition) is 1. The number of hydrogen-bond acceptors (Lipinski definition) is 1. The Kier molecular flexibility index (Phi) is 2.49. The number of nitrogen functional groups attached to an aromatic ring is 1. The molecule has 0 heterocycles. The second kappa shape index (κ2) is 3.55. The first-order chi connectivity index (χ1) is 7.00. The highest BCUT2D eigenvalue weighted by Crippen LogP contribution is 2.41. The van der Waals surface area contributed by atoms with Crippen molar-refractivity contribution in [1.82, 2.24) is 0 Å². The second-order valence-electron chi connectivity index (χ2n) is 5.69. The zero-order valence-corrected chi connectivity index (χ0v) is 10.0. The van der Waals surface area contributed by atoms with Crippen LogP contribution in [0.2, 0.25) is 0 Å². The highest BCUT2D eigenvalue weighted by Gasteiger charge is 2.25. The van der Waals surface area contributed by atoms with Crippen molar-refractivity contribution in [2.24, 2.45) is 0 Å². The molecule has 2 rings (SSSR count). The Hall–Kier alpha value is -0.980. The van der Waals surface area contributed by atoms with Crippen molar-refractivity contribution in [3.63, 3.8) is 0 Å². The summed E-state index contributed by atoms with van der Waals surface area (Å²) in [6.07, 6.45) is 4.00. The standard InChI is InChI=1S/C14H21N/c1-14(2,3)12-9-5-8-11(13(12)15)10-6-4-7-10/h5,8-10H,4,6-7,15H2,1-3H3. The molecule has 0 radical (unpaired) electrons. The summed E-state index contributed by atoms with van der Waals surface area (Å²) in [6, 6.07) is 6.52. The van der Waals surface area contributed by atoms with Crippen LogP contribution >= 0.6 is 0 Å². The van der Waals surface area contributed by atoms with E-state index in [4.69, 9.17) is 5.73 Å². The van der Waals surface area contributed by atoms with Crippen molar-refractivity contribution < 1.29 is 0 Å². The summed E-state index contributed by atoms with van der Waals surface area (Å²) in [5.41, 5.74) is 10.2. The normalized spacial score (nSPS) is 17.5. The molecule has 0 aliphatic heterocycles. The number of benzene rings is 1. The van der Waals surface area contributed by atoms with Gasteiger partial charge >= 0.3 is 0 Å². The van der Waals surface area contributed by atoms with E-state index in [0.717, 1.165) is 11.6 Å². The summed E-state index contributed by atoms with van der Waals surface area (Å²) in [5.74, 6) is 0.729. The molecule has 1 aliphatic rings. The third-order valence-electron chi connectivity index (χ3n) is 3.49. The van der Waals surface area contributed by atoms with Gasteiger partial charge in [-0.05, 0) is 35.3 Å². The first-order valence-electron chi connectivity index (χ1n) is 5.89. The van der Waals surface area contributed by atoms with Crippen molar-refractivity contribution >= 4 is 5.69 Å². The molecule has 1 aromatic rings. The minimum absolute atomic E-state index is 0.157. The van der Waals surface area contributed by atoms with Gasteiger partial charge in [-0.1, -0.05) is 45.4 Å². The van der Waals surface area contributed by atoms with Gasteiger partial charge in [-0.2, -0.15) is 0 Å². The minimum Gasteiger partial charge on any atom is -0.398 e. The molecule has 0 unspecified atom stereocenters. The fourth-order valence-electron chi connectivity index (χ4n) is 2.31. The second-order valence-corrected chi connectivity index (χ2v) is 5.69. The van der Waals surface area contributed by atoms with Crippen LogP contribution in [0.25, 0.3) is 0 Å². The molecule has 1 aromatic carbocycles. The molecule has 0 atom stereocenters. The van der Waals surface area contributed by atoms with Gasteiger partial charge in [0.1, 0.15) is 0 Å². The fraction of sp³-hybridized carbons (Fsp3) is 0.571. The smallest absolute Gasteiger partial charge is 0.0387 e. The molecule has 1 aliphatic carbocycles. The van der Waals surface area contributed by atoms with Gasteiger partial charge in [0.15, 0.2) is 0 Å². The maximum Gasteiger partial charge on any atom is 0.0387 e. The van der Waals surface area contributed by atoms with E-state index in [1.54, 1.807) is 0 Å². The maximum absolute atomic E-state index is 6.28. The van der Waals surface area contributed by atoms with Crippen LogP contribution in [0.15, 0.2) is 18.2 Å². The van der Waals surface area contributed by atoms with E-state index < -0.39 is 0 Å². The lowest BCUT2D eigenvalue weighted by molar-refractivity contribution is 0.420. The maximum atomic E-state index is 6.28. The highest BCUT2D eigenvalue weighted by molar-refractivity contribution is 5.58. The van der Waals surface area contributed by atoms with Crippen LogP contribution in [0.4, 0.5) is 5.69 Å². The summed E-state index contributed by atoms with van der Waals surface area (Å²) in [7, 11) is 0. The van der Waals surface area contributed by atoms with Crippen LogP contribution in [-0.4, -0.2) is 0 Å². The zero-order chi connectivity index (χ0) is 11.1. The monoisotopic (exact) mass is 203 g/mol. The lowest BCUT2D eigenvalue weighted by Gasteiger charge is -2.30. The third-order valence-corrected chi connectivity index (χ3v) is 3.49. The van der Waals surface area contributed by atoms with E-state index in [1.807, 2.05) is 0 Å². The molecule has 0 amide bonds. The molecule has 0 bridgehead atoms. The van der Waals surface area contributed by atoms with Gasteiger partial charge in [0.05, 0.1) is 0 Å². The molecule has 0 aromatic heterocycles. The molecule has 2 N–H and O–H groups in total. The van der Waals surface area contributed by atoms with Crippen LogP contribution in [0, 0.1) is 0 Å². The fourth-order valence-corrected chi connectivity index (χ4v) is 2.31. The van der Waals surface area contributed by atoms with E-state index in [-0.39, 0.29) is 5.41 Å². The number of anilines is 1. The average molecular weight is 203 g/mol. The number of nitrogens with two attached hydrogens (primary N) is 1. The Labute approximate surface area is 92.7 Å². The Morgan fingerprint density at radius 3 is 2.33 bits per heavy atom. The molecule has 1 fully saturated rings. The Morgan fingerprint density at radius 1 is 1.20 bits per heavy atom. The Morgan fingerprint density at radius 2 is 1.87 bits per heavy atom. The SMILES string of the molecule is CC(C)(C)c1cccc(C2CCC2)c1N. The van der Waals surface area contributed by atoms with Gasteiger partial charge in [0, 0.05) is 5.69 Å². The predicted octanol–water partition coefficient (Wildman–Crippen LogP) is 3.83. The quantitative estimate of drug-likeness (QED) is 0.690. The third kappa shape index (κ3) is 1.88. The van der Waals surface area contributed by atoms with E-state index in [9.17, 15) is 0 Å². The van der Waals surface area contributed by atoms with Gasteiger partial charge < -0.3 is 5.73 Å². The van der Waals surface area contributed by atoms with Gasteiger partial charge in [0.2, 0.25) is 0 Å². The Bertz CT molecular complexity index is 356. The van der Waals surface area contributed by atoms with Gasteiger partial charge in [-0.15, -0.1) is 0 Å². The highest BCUT2D eigenvalue weighted by atomic mass is 14.6. The molecule has 1 nitrogen and oxygen atoms in total. The van der Waals surface area contributed by atoms with Crippen molar-refractivity contribution in [1.29, 1.82) is 0 Å². The van der Waals surface area contributed by atoms with Crippen LogP contribution in [-0.2, 0) is 5.41 Å². The largest absolute Gasteiger partial charge is 0.398 e. The van der Waals surface area contributed by atoms with E-state index in [1.165, 1.54) is 30.4 Å². The van der Waals surface area contributed by atoms with Crippen LogP contribution < -0.4 is 5.73 Å². The van der Waals surface area contributed by atoms with Gasteiger partial charge in [-0.25, -0.2) is 0 Å². The first kappa shape index (κ1) is 10.5. The topological polar surface area (TPSA) is 26.0 Å². The summed E-state index contributed by atoms with van der Waals surface area (Å²) in [6.45, 7) is 6.68. The van der Waals surface area contributed by atoms with Crippen molar-refractivity contribution in [2.75, 3.05) is 5.73 Å². The average Bonchev–Trinajstić information content (AvgIpc) is 2.03. The van der Waals surface area contributed by atoms with Crippen molar-refractivity contribution in [3.05, 3.63) is 29.3 Å². The number of rotatable bonds is 1. The molecular formula is C14H21N. The summed E-state index contributed by atoms with van der Waals surface area (Å²) >= 11 is 0. The molecular weight excluding hydrogens is 182 g/mol. The summed E-state index contributed by atoms with van der Waals surface area (Å²) in [5, 5.41) is 0. The van der Waals surface area contributed by atoms with Crippen LogP contribution in [0.1, 0.15) is 57.1 Å². The van der Waals surface area contributed by atoms with E-state index in [0.29, 0.717) is 0 Å². The van der Waals surface area contributed by atoms with Gasteiger partial charge in [-0.3, -0.25) is 0 Å². The molecule has 1 saturated carbocycles. The van der Waals surface area contributed by atoms with E-state index in [2.05, 4.69) is 39.0 Å². The minimum atomic E-state index is 0.157. The van der Waals surface area contributed by atoms with Gasteiger partial charge in [0.25, 0.3) is 0 Å². The van der Waals surface area contributed by atoms with Crippen LogP contribution in [0.3, 0.4) is 0 Å². The van der Waals surface area contributed by atoms with E-state index >= 15 is 0 Å². The lowest BCUT2D eigenvalue weighted by atomic mass is 9.76. The summed E-state index contributed by atoms with van der Waals surface area (Å²) in [4.78, 5) is 0. The zero-order valence-electron chi connectivity index (χ0n) is 10.0. The Balaban J connectivity index is 2.41. The predicted molar refractivity (Wildman–Crippen MR) is 66.1 cm³/mol.